The highest BCUT2D eigenvalue weighted by Gasteiger charge is 2.45. The quantitative estimate of drug-likeness (QED) is 0.715. The molecule has 5 heteroatoms. The van der Waals surface area contributed by atoms with E-state index < -0.39 is 11.5 Å². The van der Waals surface area contributed by atoms with Gasteiger partial charge in [0.05, 0.1) is 0 Å². The maximum atomic E-state index is 11.7. The van der Waals surface area contributed by atoms with E-state index in [1.807, 2.05) is 0 Å². The van der Waals surface area contributed by atoms with E-state index in [1.165, 1.54) is 6.42 Å². The maximum absolute atomic E-state index is 11.7. The van der Waals surface area contributed by atoms with Gasteiger partial charge in [0.1, 0.15) is 5.54 Å². The molecule has 2 unspecified atom stereocenters. The molecule has 2 amide bonds. The zero-order chi connectivity index (χ0) is 13.2. The first-order chi connectivity index (χ1) is 8.52. The van der Waals surface area contributed by atoms with Crippen molar-refractivity contribution in [3.05, 3.63) is 0 Å². The summed E-state index contributed by atoms with van der Waals surface area (Å²) in [5, 5.41) is 14.5. The van der Waals surface area contributed by atoms with Gasteiger partial charge in [-0.2, -0.15) is 0 Å². The van der Waals surface area contributed by atoms with Crippen LogP contribution in [0.5, 0.6) is 0 Å². The van der Waals surface area contributed by atoms with Gasteiger partial charge in [0.25, 0.3) is 0 Å². The summed E-state index contributed by atoms with van der Waals surface area (Å²) in [5.41, 5.74) is -1.01. The van der Waals surface area contributed by atoms with E-state index in [0.29, 0.717) is 25.3 Å². The van der Waals surface area contributed by atoms with Crippen molar-refractivity contribution in [1.29, 1.82) is 0 Å². The van der Waals surface area contributed by atoms with Crippen molar-refractivity contribution in [3.63, 3.8) is 0 Å². The minimum atomic E-state index is -1.01. The molecule has 0 spiro atoms. The fourth-order valence-corrected chi connectivity index (χ4v) is 2.93. The summed E-state index contributed by atoms with van der Waals surface area (Å²) >= 11 is 0. The molecule has 0 saturated heterocycles. The molecule has 2 rings (SSSR count). The molecule has 2 aliphatic carbocycles. The van der Waals surface area contributed by atoms with Gasteiger partial charge in [-0.3, -0.25) is 0 Å². The van der Waals surface area contributed by atoms with Gasteiger partial charge in [-0.1, -0.05) is 13.3 Å². The highest BCUT2D eigenvalue weighted by molar-refractivity contribution is 5.87. The molecule has 0 aliphatic heterocycles. The Bertz CT molecular complexity index is 339. The number of carboxylic acids is 1. The molecule has 2 fully saturated rings. The summed E-state index contributed by atoms with van der Waals surface area (Å²) in [6, 6.07) is -0.336. The summed E-state index contributed by atoms with van der Waals surface area (Å²) in [6.45, 7) is 2.89. The van der Waals surface area contributed by atoms with Gasteiger partial charge in [-0.25, -0.2) is 9.59 Å². The summed E-state index contributed by atoms with van der Waals surface area (Å²) < 4.78 is 0. The molecule has 0 aromatic carbocycles. The second-order valence-corrected chi connectivity index (χ2v) is 5.86. The number of hydrogen-bond acceptors (Lipinski definition) is 2. The van der Waals surface area contributed by atoms with E-state index in [0.717, 1.165) is 25.2 Å². The van der Waals surface area contributed by atoms with E-state index in [1.54, 1.807) is 0 Å². The average Bonchev–Trinajstić information content (AvgIpc) is 2.66. The first kappa shape index (κ1) is 13.2. The second-order valence-electron chi connectivity index (χ2n) is 5.86. The molecule has 2 saturated carbocycles. The van der Waals surface area contributed by atoms with Gasteiger partial charge < -0.3 is 15.7 Å². The molecule has 0 heterocycles. The van der Waals surface area contributed by atoms with Crippen LogP contribution in [0.4, 0.5) is 4.79 Å². The van der Waals surface area contributed by atoms with E-state index in [9.17, 15) is 9.59 Å². The Kier molecular flexibility index (Phi) is 3.78. The molecule has 0 radical (unpaired) electrons. The lowest BCUT2D eigenvalue weighted by Crippen LogP contribution is -2.61. The predicted molar refractivity (Wildman–Crippen MR) is 67.3 cm³/mol. The van der Waals surface area contributed by atoms with E-state index >= 15 is 0 Å². The smallest absolute Gasteiger partial charge is 0.329 e. The number of carbonyl (C=O) groups excluding carboxylic acids is 1. The van der Waals surface area contributed by atoms with Gasteiger partial charge in [0.15, 0.2) is 0 Å². The van der Waals surface area contributed by atoms with Crippen LogP contribution in [0.25, 0.3) is 0 Å². The fourth-order valence-electron chi connectivity index (χ4n) is 2.93. The Morgan fingerprint density at radius 3 is 2.50 bits per heavy atom. The van der Waals surface area contributed by atoms with Crippen LogP contribution in [0.3, 0.4) is 0 Å². The Hall–Kier alpha value is -1.26. The maximum Gasteiger partial charge on any atom is 0.329 e. The highest BCUT2D eigenvalue weighted by atomic mass is 16.4. The van der Waals surface area contributed by atoms with Gasteiger partial charge in [0, 0.05) is 6.54 Å². The Morgan fingerprint density at radius 2 is 2.06 bits per heavy atom. The molecule has 5 nitrogen and oxygen atoms in total. The molecular weight excluding hydrogens is 232 g/mol. The van der Waals surface area contributed by atoms with Gasteiger partial charge in [0.2, 0.25) is 0 Å². The normalized spacial score (nSPS) is 29.4. The van der Waals surface area contributed by atoms with Gasteiger partial charge in [-0.15, -0.1) is 0 Å². The van der Waals surface area contributed by atoms with Crippen LogP contribution in [-0.4, -0.2) is 29.2 Å². The zero-order valence-corrected chi connectivity index (χ0v) is 10.9. The number of amides is 2. The van der Waals surface area contributed by atoms with Crippen LogP contribution in [0, 0.1) is 11.8 Å². The molecule has 2 aliphatic rings. The number of aliphatic carboxylic acids is 1. The number of carboxylic acid groups (broad SMARTS) is 1. The first-order valence-electron chi connectivity index (χ1n) is 6.81. The van der Waals surface area contributed by atoms with Crippen molar-refractivity contribution < 1.29 is 14.7 Å². The predicted octanol–water partition coefficient (Wildman–Crippen LogP) is 1.73. The van der Waals surface area contributed by atoms with Crippen molar-refractivity contribution in [1.82, 2.24) is 10.6 Å². The molecule has 102 valence electrons. The minimum absolute atomic E-state index is 0.336. The number of nitrogens with one attached hydrogen (secondary N) is 2. The highest BCUT2D eigenvalue weighted by Crippen LogP contribution is 2.32. The lowest BCUT2D eigenvalue weighted by Gasteiger charge is -2.38. The largest absolute Gasteiger partial charge is 0.480 e. The Balaban J connectivity index is 1.73. The van der Waals surface area contributed by atoms with Crippen molar-refractivity contribution in [3.8, 4) is 0 Å². The molecule has 0 aromatic heterocycles. The molecule has 0 aromatic rings. The second kappa shape index (κ2) is 5.16. The third kappa shape index (κ3) is 2.76. The SMILES string of the molecule is CC1CCC(CNC(=O)NC2(C(=O)O)CCC2)C1. The fraction of sp³-hybridized carbons (Fsp3) is 0.846. The van der Waals surface area contributed by atoms with Gasteiger partial charge in [-0.05, 0) is 43.9 Å². The standard InChI is InChI=1S/C13H22N2O3/c1-9-3-4-10(7-9)8-14-12(18)15-13(11(16)17)5-2-6-13/h9-10H,2-8H2,1H3,(H,16,17)(H2,14,15,18). The number of hydrogen-bond donors (Lipinski definition) is 3. The number of carbonyl (C=O) groups is 2. The van der Waals surface area contributed by atoms with E-state index in [-0.39, 0.29) is 6.03 Å². The summed E-state index contributed by atoms with van der Waals surface area (Å²) in [4.78, 5) is 22.8. The van der Waals surface area contributed by atoms with Crippen molar-refractivity contribution in [2.75, 3.05) is 6.54 Å². The Labute approximate surface area is 107 Å². The molecule has 0 bridgehead atoms. The zero-order valence-electron chi connectivity index (χ0n) is 10.9. The molecular formula is C13H22N2O3. The van der Waals surface area contributed by atoms with E-state index in [4.69, 9.17) is 5.11 Å². The van der Waals surface area contributed by atoms with Crippen LogP contribution in [-0.2, 0) is 4.79 Å². The lowest BCUT2D eigenvalue weighted by atomic mass is 9.77. The summed E-state index contributed by atoms with van der Waals surface area (Å²) in [5.74, 6) is 0.378. The average molecular weight is 254 g/mol. The molecule has 2 atom stereocenters. The topological polar surface area (TPSA) is 78.4 Å². The lowest BCUT2D eigenvalue weighted by molar-refractivity contribution is -0.148. The van der Waals surface area contributed by atoms with Crippen LogP contribution < -0.4 is 10.6 Å². The number of urea groups is 1. The minimum Gasteiger partial charge on any atom is -0.480 e. The van der Waals surface area contributed by atoms with Gasteiger partial charge >= 0.3 is 12.0 Å². The van der Waals surface area contributed by atoms with Crippen molar-refractivity contribution in [2.45, 2.75) is 51.0 Å². The van der Waals surface area contributed by atoms with Crippen LogP contribution >= 0.6 is 0 Å². The molecule has 18 heavy (non-hydrogen) atoms. The third-order valence-corrected chi connectivity index (χ3v) is 4.32. The van der Waals surface area contributed by atoms with Crippen LogP contribution in [0.2, 0.25) is 0 Å². The van der Waals surface area contributed by atoms with Crippen molar-refractivity contribution in [2.24, 2.45) is 11.8 Å². The summed E-state index contributed by atoms with van der Waals surface area (Å²) in [6.07, 6.45) is 5.49. The first-order valence-corrected chi connectivity index (χ1v) is 6.81. The summed E-state index contributed by atoms with van der Waals surface area (Å²) in [7, 11) is 0. The van der Waals surface area contributed by atoms with Crippen LogP contribution in [0.1, 0.15) is 45.4 Å². The number of rotatable bonds is 4. The monoisotopic (exact) mass is 254 g/mol. The Morgan fingerprint density at radius 1 is 1.33 bits per heavy atom. The third-order valence-electron chi connectivity index (χ3n) is 4.32. The van der Waals surface area contributed by atoms with E-state index in [2.05, 4.69) is 17.6 Å². The van der Waals surface area contributed by atoms with Crippen LogP contribution in [0.15, 0.2) is 0 Å². The van der Waals surface area contributed by atoms with Crippen molar-refractivity contribution >= 4 is 12.0 Å². The molecule has 3 N–H and O–H groups in total.